The van der Waals surface area contributed by atoms with Crippen molar-refractivity contribution in [2.24, 2.45) is 4.99 Å². The smallest absolute Gasteiger partial charge is 0.169 e. The summed E-state index contributed by atoms with van der Waals surface area (Å²) in [5, 5.41) is 3.40. The summed E-state index contributed by atoms with van der Waals surface area (Å²) in [6.45, 7) is 7.81. The standard InChI is InChI=1S/C37H40N4S2/c1-3-30(8-10-33-13-15-37-35(29-33)7-5-22-40(37)2)16-20-38-21-26-42-43-27-25-41-23-17-31(18-24-41)9-11-32-12-14-36-34(28-32)6-4-19-39-36/h3-4,6,8-18,20,23-24,28-29H,1,5,7,19,21-22,25-27H2,2H3/p+1/b10-8+,30-16+,38-20?. The van der Waals surface area contributed by atoms with Gasteiger partial charge >= 0.3 is 0 Å². The molecule has 0 saturated carbocycles. The number of aromatic nitrogens is 1. The highest BCUT2D eigenvalue weighted by Gasteiger charge is 2.13. The SMILES string of the molecule is C=CC(/C=C/c1ccc2c(c1)CCCN2C)=C\C=NCCSSCC[n+]1ccc(/C=C/c2ccc3c(c2)C=CCN3)cc1. The van der Waals surface area contributed by atoms with Crippen LogP contribution in [0.5, 0.6) is 0 Å². The quantitative estimate of drug-likeness (QED) is 0.0699. The number of rotatable bonds is 13. The zero-order valence-electron chi connectivity index (χ0n) is 25.0. The van der Waals surface area contributed by atoms with Crippen molar-refractivity contribution in [2.45, 2.75) is 19.4 Å². The molecule has 43 heavy (non-hydrogen) atoms. The number of fused-ring (bicyclic) bond motifs is 2. The first-order chi connectivity index (χ1) is 21.2. The molecule has 1 aromatic heterocycles. The number of hydrogen-bond acceptors (Lipinski definition) is 5. The molecule has 0 amide bonds. The number of allylic oxidation sites excluding steroid dienone is 4. The van der Waals surface area contributed by atoms with Crippen LogP contribution >= 0.6 is 21.6 Å². The van der Waals surface area contributed by atoms with Crippen molar-refractivity contribution < 1.29 is 4.57 Å². The molecule has 0 spiro atoms. The molecule has 0 aliphatic carbocycles. The van der Waals surface area contributed by atoms with Gasteiger partial charge in [0, 0.05) is 62.2 Å². The molecule has 2 aliphatic rings. The second kappa shape index (κ2) is 16.2. The van der Waals surface area contributed by atoms with Crippen LogP contribution in [0.2, 0.25) is 0 Å². The van der Waals surface area contributed by atoms with Crippen LogP contribution in [0, 0.1) is 0 Å². The third-order valence-electron chi connectivity index (χ3n) is 7.52. The Balaban J connectivity index is 0.974. The van der Waals surface area contributed by atoms with E-state index in [1.165, 1.54) is 45.6 Å². The topological polar surface area (TPSA) is 31.5 Å². The Morgan fingerprint density at radius 2 is 1.81 bits per heavy atom. The van der Waals surface area contributed by atoms with Crippen molar-refractivity contribution in [1.29, 1.82) is 0 Å². The maximum absolute atomic E-state index is 4.57. The molecule has 0 fully saturated rings. The molecular weight excluding hydrogens is 565 g/mol. The van der Waals surface area contributed by atoms with Gasteiger partial charge in [0.15, 0.2) is 18.9 Å². The Labute approximate surface area is 265 Å². The molecule has 0 saturated heterocycles. The molecule has 0 bridgehead atoms. The van der Waals surface area contributed by atoms with Gasteiger partial charge in [0.25, 0.3) is 0 Å². The van der Waals surface area contributed by atoms with Gasteiger partial charge in [-0.05, 0) is 76.6 Å². The monoisotopic (exact) mass is 605 g/mol. The van der Waals surface area contributed by atoms with Crippen LogP contribution in [-0.4, -0.2) is 44.4 Å². The largest absolute Gasteiger partial charge is 0.381 e. The van der Waals surface area contributed by atoms with E-state index in [9.17, 15) is 0 Å². The first kappa shape index (κ1) is 30.7. The lowest BCUT2D eigenvalue weighted by molar-refractivity contribution is -0.692. The predicted molar refractivity (Wildman–Crippen MR) is 193 cm³/mol. The van der Waals surface area contributed by atoms with Crippen LogP contribution in [0.15, 0.2) is 102 Å². The predicted octanol–water partition coefficient (Wildman–Crippen LogP) is 8.24. The van der Waals surface area contributed by atoms with Gasteiger partial charge in [-0.25, -0.2) is 4.57 Å². The maximum Gasteiger partial charge on any atom is 0.169 e. The van der Waals surface area contributed by atoms with Gasteiger partial charge in [-0.1, -0.05) is 82.8 Å². The molecular formula is C37H41N4S2+. The molecule has 2 aromatic carbocycles. The molecule has 3 heterocycles. The third kappa shape index (κ3) is 9.37. The van der Waals surface area contributed by atoms with Crippen LogP contribution < -0.4 is 14.8 Å². The van der Waals surface area contributed by atoms with E-state index in [-0.39, 0.29) is 0 Å². The van der Waals surface area contributed by atoms with Gasteiger partial charge in [-0.2, -0.15) is 0 Å². The number of benzene rings is 2. The average Bonchev–Trinajstić information content (AvgIpc) is 3.05. The Bertz CT molecular complexity index is 1530. The summed E-state index contributed by atoms with van der Waals surface area (Å²) in [5.41, 5.74) is 9.97. The van der Waals surface area contributed by atoms with Crippen LogP contribution in [0.4, 0.5) is 11.4 Å². The first-order valence-electron chi connectivity index (χ1n) is 15.0. The lowest BCUT2D eigenvalue weighted by atomic mass is 9.99. The Morgan fingerprint density at radius 1 is 1.00 bits per heavy atom. The number of nitrogens with one attached hydrogen (secondary N) is 1. The summed E-state index contributed by atoms with van der Waals surface area (Å²) in [6.07, 6.45) is 25.5. The van der Waals surface area contributed by atoms with Crippen LogP contribution in [0.1, 0.15) is 34.2 Å². The van der Waals surface area contributed by atoms with E-state index in [4.69, 9.17) is 0 Å². The minimum absolute atomic E-state index is 0.811. The fourth-order valence-corrected chi connectivity index (χ4v) is 6.97. The van der Waals surface area contributed by atoms with E-state index in [0.29, 0.717) is 0 Å². The summed E-state index contributed by atoms with van der Waals surface area (Å²) in [5.74, 6) is 2.07. The number of hydrogen-bond donors (Lipinski definition) is 1. The molecule has 0 radical (unpaired) electrons. The molecule has 1 N–H and O–H groups in total. The Morgan fingerprint density at radius 3 is 2.70 bits per heavy atom. The number of anilines is 2. The van der Waals surface area contributed by atoms with E-state index in [2.05, 4.69) is 131 Å². The minimum Gasteiger partial charge on any atom is -0.381 e. The molecule has 5 rings (SSSR count). The molecule has 2 aliphatic heterocycles. The normalized spacial score (nSPS) is 14.8. The van der Waals surface area contributed by atoms with Crippen molar-refractivity contribution >= 4 is 63.5 Å². The highest BCUT2D eigenvalue weighted by atomic mass is 33.1. The van der Waals surface area contributed by atoms with Gasteiger partial charge < -0.3 is 10.2 Å². The van der Waals surface area contributed by atoms with Crippen molar-refractivity contribution in [2.75, 3.05) is 48.4 Å². The van der Waals surface area contributed by atoms with Gasteiger partial charge in [-0.3, -0.25) is 4.99 Å². The zero-order chi connectivity index (χ0) is 29.7. The molecule has 6 heteroatoms. The van der Waals surface area contributed by atoms with Crippen LogP contribution in [0.25, 0.3) is 24.3 Å². The van der Waals surface area contributed by atoms with E-state index in [0.717, 1.165) is 49.7 Å². The van der Waals surface area contributed by atoms with Gasteiger partial charge in [0.2, 0.25) is 0 Å². The molecule has 0 unspecified atom stereocenters. The summed E-state index contributed by atoms with van der Waals surface area (Å²) in [4.78, 5) is 6.91. The van der Waals surface area contributed by atoms with Crippen molar-refractivity contribution in [3.63, 3.8) is 0 Å². The van der Waals surface area contributed by atoms with Crippen LogP contribution in [-0.2, 0) is 13.0 Å². The Kier molecular flexibility index (Phi) is 11.6. The molecule has 220 valence electrons. The van der Waals surface area contributed by atoms with Crippen molar-refractivity contribution in [3.05, 3.63) is 125 Å². The highest BCUT2D eigenvalue weighted by molar-refractivity contribution is 8.76. The van der Waals surface area contributed by atoms with E-state index in [1.807, 2.05) is 40.0 Å². The highest BCUT2D eigenvalue weighted by Crippen LogP contribution is 2.27. The van der Waals surface area contributed by atoms with Crippen molar-refractivity contribution in [1.82, 2.24) is 0 Å². The first-order valence-corrected chi connectivity index (χ1v) is 17.5. The fourth-order valence-electron chi connectivity index (χ4n) is 5.12. The third-order valence-corrected chi connectivity index (χ3v) is 9.88. The van der Waals surface area contributed by atoms with Crippen molar-refractivity contribution in [3.8, 4) is 0 Å². The lowest BCUT2D eigenvalue weighted by Crippen LogP contribution is -2.33. The summed E-state index contributed by atoms with van der Waals surface area (Å²) < 4.78 is 2.25. The molecule has 0 atom stereocenters. The number of aliphatic imine (C=N–C) groups is 1. The average molecular weight is 606 g/mol. The molecule has 3 aromatic rings. The van der Waals surface area contributed by atoms with E-state index in [1.54, 1.807) is 0 Å². The minimum atomic E-state index is 0.811. The molecule has 4 nitrogen and oxygen atoms in total. The summed E-state index contributed by atoms with van der Waals surface area (Å²) >= 11 is 0. The van der Waals surface area contributed by atoms with Gasteiger partial charge in [-0.15, -0.1) is 0 Å². The van der Waals surface area contributed by atoms with E-state index < -0.39 is 0 Å². The number of nitrogens with zero attached hydrogens (tertiary/aromatic N) is 3. The van der Waals surface area contributed by atoms with Crippen LogP contribution in [0.3, 0.4) is 0 Å². The lowest BCUT2D eigenvalue weighted by Gasteiger charge is -2.27. The Hall–Kier alpha value is -3.74. The van der Waals surface area contributed by atoms with E-state index >= 15 is 0 Å². The zero-order valence-corrected chi connectivity index (χ0v) is 26.6. The fraction of sp³-hybridized carbons (Fsp3) is 0.243. The van der Waals surface area contributed by atoms with Gasteiger partial charge in [0.05, 0.1) is 5.75 Å². The second-order valence-corrected chi connectivity index (χ2v) is 13.4. The summed E-state index contributed by atoms with van der Waals surface area (Å²) in [7, 11) is 5.97. The summed E-state index contributed by atoms with van der Waals surface area (Å²) in [6, 6.07) is 17.6. The number of pyridine rings is 1. The second-order valence-electron chi connectivity index (χ2n) is 10.6. The van der Waals surface area contributed by atoms with Gasteiger partial charge in [0.1, 0.15) is 0 Å². The maximum atomic E-state index is 4.57. The number of aryl methyl sites for hydroxylation is 2.